The van der Waals surface area contributed by atoms with Crippen molar-refractivity contribution >= 4 is 5.97 Å². The van der Waals surface area contributed by atoms with E-state index in [-0.39, 0.29) is 24.2 Å². The highest BCUT2D eigenvalue weighted by Crippen LogP contribution is 2.45. The van der Waals surface area contributed by atoms with Crippen molar-refractivity contribution in [1.82, 2.24) is 0 Å². The van der Waals surface area contributed by atoms with Crippen molar-refractivity contribution in [3.63, 3.8) is 0 Å². The van der Waals surface area contributed by atoms with E-state index in [1.165, 1.54) is 0 Å². The summed E-state index contributed by atoms with van der Waals surface area (Å²) in [5.74, 6) is -1.56. The molecule has 6 heteroatoms. The van der Waals surface area contributed by atoms with Crippen LogP contribution < -0.4 is 0 Å². The van der Waals surface area contributed by atoms with E-state index in [4.69, 9.17) is 0 Å². The van der Waals surface area contributed by atoms with Gasteiger partial charge in [0.2, 0.25) is 0 Å². The van der Waals surface area contributed by atoms with E-state index < -0.39 is 23.1 Å². The predicted molar refractivity (Wildman–Crippen MR) is 65.5 cm³/mol. The summed E-state index contributed by atoms with van der Waals surface area (Å²) in [4.78, 5) is 11.6. The summed E-state index contributed by atoms with van der Waals surface area (Å²) in [5, 5.41) is 19.3. The summed E-state index contributed by atoms with van der Waals surface area (Å²) < 4.78 is 38.3. The summed E-state index contributed by atoms with van der Waals surface area (Å²) in [6.07, 6.45) is -1.95. The molecule has 0 heterocycles. The molecule has 0 saturated heterocycles. The van der Waals surface area contributed by atoms with Crippen LogP contribution >= 0.6 is 0 Å². The largest absolute Gasteiger partial charge is 0.508 e. The van der Waals surface area contributed by atoms with Gasteiger partial charge in [-0.25, -0.2) is 0 Å². The molecule has 20 heavy (non-hydrogen) atoms. The molecule has 2 rings (SSSR count). The van der Waals surface area contributed by atoms with Crippen LogP contribution in [-0.2, 0) is 16.4 Å². The number of halogens is 3. The third-order valence-electron chi connectivity index (χ3n) is 3.96. The van der Waals surface area contributed by atoms with Crippen LogP contribution in [0.5, 0.6) is 5.75 Å². The molecule has 1 fully saturated rings. The highest BCUT2D eigenvalue weighted by atomic mass is 19.4. The van der Waals surface area contributed by atoms with Crippen molar-refractivity contribution in [2.45, 2.75) is 43.7 Å². The highest BCUT2D eigenvalue weighted by molar-refractivity contribution is 5.82. The summed E-state index contributed by atoms with van der Waals surface area (Å²) in [5.41, 5.74) is -2.47. The molecular formula is C14H15F3O3. The Morgan fingerprint density at radius 1 is 1.15 bits per heavy atom. The second-order valence-corrected chi connectivity index (χ2v) is 5.18. The maximum atomic E-state index is 12.8. The quantitative estimate of drug-likeness (QED) is 0.872. The zero-order valence-corrected chi connectivity index (χ0v) is 10.7. The van der Waals surface area contributed by atoms with Gasteiger partial charge in [0.15, 0.2) is 0 Å². The average Bonchev–Trinajstić information content (AvgIpc) is 2.38. The number of phenolic OH excluding ortho intramolecular Hbond substituents is 1. The lowest BCUT2D eigenvalue weighted by Gasteiger charge is -2.34. The molecule has 0 aliphatic heterocycles. The van der Waals surface area contributed by atoms with E-state index >= 15 is 0 Å². The zero-order valence-electron chi connectivity index (χ0n) is 10.7. The Morgan fingerprint density at radius 2 is 1.75 bits per heavy atom. The molecule has 1 aliphatic rings. The van der Waals surface area contributed by atoms with Gasteiger partial charge in [-0.3, -0.25) is 4.79 Å². The van der Waals surface area contributed by atoms with E-state index in [1.54, 1.807) is 0 Å². The fraction of sp³-hybridized carbons (Fsp3) is 0.500. The summed E-state index contributed by atoms with van der Waals surface area (Å²) in [6, 6.07) is 2.46. The van der Waals surface area contributed by atoms with E-state index in [2.05, 4.69) is 0 Å². The Labute approximate surface area is 114 Å². The third-order valence-corrected chi connectivity index (χ3v) is 3.96. The molecule has 2 N–H and O–H groups in total. The van der Waals surface area contributed by atoms with Gasteiger partial charge >= 0.3 is 12.1 Å². The van der Waals surface area contributed by atoms with Gasteiger partial charge in [0, 0.05) is 5.56 Å². The highest BCUT2D eigenvalue weighted by Gasteiger charge is 2.44. The molecule has 1 aliphatic carbocycles. The lowest BCUT2D eigenvalue weighted by Crippen LogP contribution is -2.38. The van der Waals surface area contributed by atoms with Crippen molar-refractivity contribution in [1.29, 1.82) is 0 Å². The lowest BCUT2D eigenvalue weighted by molar-refractivity contribution is -0.146. The van der Waals surface area contributed by atoms with Gasteiger partial charge in [-0.15, -0.1) is 0 Å². The Kier molecular flexibility index (Phi) is 3.67. The lowest BCUT2D eigenvalue weighted by atomic mass is 9.69. The van der Waals surface area contributed by atoms with Crippen LogP contribution in [-0.4, -0.2) is 16.2 Å². The number of phenols is 1. The van der Waals surface area contributed by atoms with Crippen molar-refractivity contribution < 1.29 is 28.2 Å². The van der Waals surface area contributed by atoms with Gasteiger partial charge in [0.05, 0.1) is 11.0 Å². The van der Waals surface area contributed by atoms with Crippen LogP contribution in [0.1, 0.15) is 43.2 Å². The van der Waals surface area contributed by atoms with Crippen LogP contribution in [0.4, 0.5) is 13.2 Å². The maximum Gasteiger partial charge on any atom is 0.416 e. The minimum Gasteiger partial charge on any atom is -0.508 e. The summed E-state index contributed by atoms with van der Waals surface area (Å²) in [6.45, 7) is 0. The number of carboxylic acid groups (broad SMARTS) is 1. The standard InChI is InChI=1S/C14H15F3O3/c15-14(16,17)9-4-5-11(18)10(8-9)13(12(19)20)6-2-1-3-7-13/h4-5,8,18H,1-3,6-7H2,(H,19,20). The van der Waals surface area contributed by atoms with Crippen molar-refractivity contribution in [3.8, 4) is 5.75 Å². The fourth-order valence-corrected chi connectivity index (χ4v) is 2.85. The Hall–Kier alpha value is -1.72. The molecule has 0 amide bonds. The number of carboxylic acids is 1. The van der Waals surface area contributed by atoms with Crippen LogP contribution in [0.3, 0.4) is 0 Å². The smallest absolute Gasteiger partial charge is 0.416 e. The molecule has 0 spiro atoms. The van der Waals surface area contributed by atoms with Crippen LogP contribution in [0, 0.1) is 0 Å². The monoisotopic (exact) mass is 288 g/mol. The van der Waals surface area contributed by atoms with Gasteiger partial charge in [-0.1, -0.05) is 19.3 Å². The van der Waals surface area contributed by atoms with E-state index in [0.29, 0.717) is 12.8 Å². The molecule has 0 atom stereocenters. The van der Waals surface area contributed by atoms with Crippen LogP contribution in [0.15, 0.2) is 18.2 Å². The second kappa shape index (κ2) is 5.00. The molecule has 3 nitrogen and oxygen atoms in total. The number of hydrogen-bond acceptors (Lipinski definition) is 2. The number of benzene rings is 1. The minimum absolute atomic E-state index is 0.125. The molecule has 110 valence electrons. The molecule has 1 aromatic rings. The molecule has 0 aromatic heterocycles. The average molecular weight is 288 g/mol. The number of aromatic hydroxyl groups is 1. The van der Waals surface area contributed by atoms with Crippen LogP contribution in [0.25, 0.3) is 0 Å². The Bertz CT molecular complexity index is 517. The summed E-state index contributed by atoms with van der Waals surface area (Å²) in [7, 11) is 0. The van der Waals surface area contributed by atoms with Gasteiger partial charge < -0.3 is 10.2 Å². The number of rotatable bonds is 2. The maximum absolute atomic E-state index is 12.8. The van der Waals surface area contributed by atoms with Crippen molar-refractivity contribution in [2.75, 3.05) is 0 Å². The number of carbonyl (C=O) groups is 1. The Morgan fingerprint density at radius 3 is 2.25 bits per heavy atom. The topological polar surface area (TPSA) is 57.5 Å². The first-order valence-electron chi connectivity index (χ1n) is 6.41. The van der Waals surface area contributed by atoms with E-state index in [9.17, 15) is 28.2 Å². The minimum atomic E-state index is -4.56. The summed E-state index contributed by atoms with van der Waals surface area (Å²) >= 11 is 0. The molecule has 0 radical (unpaired) electrons. The zero-order chi connectivity index (χ0) is 15.0. The predicted octanol–water partition coefficient (Wildman–Crippen LogP) is 3.70. The van der Waals surface area contributed by atoms with E-state index in [0.717, 1.165) is 24.6 Å². The number of alkyl halides is 3. The van der Waals surface area contributed by atoms with Gasteiger partial charge in [0.25, 0.3) is 0 Å². The van der Waals surface area contributed by atoms with Gasteiger partial charge in [-0.2, -0.15) is 13.2 Å². The van der Waals surface area contributed by atoms with Crippen LogP contribution in [0.2, 0.25) is 0 Å². The molecule has 0 unspecified atom stereocenters. The molecule has 1 saturated carbocycles. The van der Waals surface area contributed by atoms with Gasteiger partial charge in [-0.05, 0) is 31.0 Å². The fourth-order valence-electron chi connectivity index (χ4n) is 2.85. The first kappa shape index (κ1) is 14.7. The normalized spacial score (nSPS) is 18.8. The molecule has 0 bridgehead atoms. The van der Waals surface area contributed by atoms with Crippen molar-refractivity contribution in [3.05, 3.63) is 29.3 Å². The first-order valence-corrected chi connectivity index (χ1v) is 6.41. The first-order chi connectivity index (χ1) is 9.27. The van der Waals surface area contributed by atoms with E-state index in [1.807, 2.05) is 0 Å². The second-order valence-electron chi connectivity index (χ2n) is 5.18. The van der Waals surface area contributed by atoms with Crippen molar-refractivity contribution in [2.24, 2.45) is 0 Å². The van der Waals surface area contributed by atoms with Gasteiger partial charge in [0.1, 0.15) is 5.75 Å². The Balaban J connectivity index is 2.56. The number of hydrogen-bond donors (Lipinski definition) is 2. The molecule has 1 aromatic carbocycles. The molecular weight excluding hydrogens is 273 g/mol. The SMILES string of the molecule is O=C(O)C1(c2cc(C(F)(F)F)ccc2O)CCCCC1. The third kappa shape index (κ3) is 2.46. The number of aliphatic carboxylic acids is 1.